The lowest BCUT2D eigenvalue weighted by molar-refractivity contribution is -0.136. The summed E-state index contributed by atoms with van der Waals surface area (Å²) in [5.74, 6) is 0.875. The fraction of sp³-hybridized carbons (Fsp3) is 0.192. The van der Waals surface area contributed by atoms with E-state index in [9.17, 15) is 9.59 Å². The van der Waals surface area contributed by atoms with Gasteiger partial charge in [-0.05, 0) is 48.4 Å². The average Bonchev–Trinajstić information content (AvgIpc) is 3.16. The van der Waals surface area contributed by atoms with Crippen molar-refractivity contribution in [1.29, 1.82) is 0 Å². The topological polar surface area (TPSA) is 79.1 Å². The number of carbonyl (C=O) groups is 1. The van der Waals surface area contributed by atoms with E-state index in [2.05, 4.69) is 11.6 Å². The number of benzene rings is 2. The number of allylic oxidation sites excluding steroid dienone is 1. The Kier molecular flexibility index (Phi) is 6.79. The molecule has 0 amide bonds. The molecule has 0 saturated heterocycles. The van der Waals surface area contributed by atoms with E-state index in [1.54, 1.807) is 36.8 Å². The van der Waals surface area contributed by atoms with E-state index in [4.69, 9.17) is 14.2 Å². The Morgan fingerprint density at radius 2 is 1.79 bits per heavy atom. The lowest BCUT2D eigenvalue weighted by atomic mass is 9.96. The van der Waals surface area contributed by atoms with Crippen LogP contribution in [-0.2, 0) is 9.53 Å². The third kappa shape index (κ3) is 4.45. The van der Waals surface area contributed by atoms with Crippen molar-refractivity contribution < 1.29 is 19.0 Å². The number of methoxy groups -OCH3 is 2. The molecule has 174 valence electrons. The molecule has 1 atom stereocenters. The summed E-state index contributed by atoms with van der Waals surface area (Å²) in [5, 5.41) is 0. The molecular weight excluding hydrogens is 452 g/mol. The van der Waals surface area contributed by atoms with Crippen LogP contribution in [-0.4, -0.2) is 31.4 Å². The van der Waals surface area contributed by atoms with Gasteiger partial charge in [0.25, 0.3) is 5.56 Å². The normalized spacial score (nSPS) is 15.4. The molecule has 1 aliphatic rings. The van der Waals surface area contributed by atoms with Gasteiger partial charge < -0.3 is 14.2 Å². The lowest BCUT2D eigenvalue weighted by Gasteiger charge is -2.24. The van der Waals surface area contributed by atoms with Gasteiger partial charge in [0.15, 0.2) is 4.80 Å². The average molecular weight is 477 g/mol. The molecule has 0 radical (unpaired) electrons. The van der Waals surface area contributed by atoms with Crippen molar-refractivity contribution in [2.24, 2.45) is 4.99 Å². The summed E-state index contributed by atoms with van der Waals surface area (Å²) < 4.78 is 17.9. The predicted molar refractivity (Wildman–Crippen MR) is 131 cm³/mol. The van der Waals surface area contributed by atoms with E-state index in [0.29, 0.717) is 33.0 Å². The highest BCUT2D eigenvalue weighted by molar-refractivity contribution is 7.07. The van der Waals surface area contributed by atoms with Crippen LogP contribution in [0.3, 0.4) is 0 Å². The number of ether oxygens (including phenoxy) is 3. The first-order chi connectivity index (χ1) is 16.5. The first-order valence-electron chi connectivity index (χ1n) is 10.6. The Hall–Kier alpha value is -3.91. The summed E-state index contributed by atoms with van der Waals surface area (Å²) in [4.78, 5) is 31.3. The highest BCUT2D eigenvalue weighted by atomic mass is 32.1. The minimum Gasteiger partial charge on any atom is -0.497 e. The fourth-order valence-electron chi connectivity index (χ4n) is 3.76. The number of thiazole rings is 1. The van der Waals surface area contributed by atoms with Crippen LogP contribution in [0.15, 0.2) is 82.2 Å². The molecule has 4 rings (SSSR count). The molecule has 0 bridgehead atoms. The largest absolute Gasteiger partial charge is 0.497 e. The molecule has 1 aliphatic heterocycles. The molecule has 0 spiro atoms. The molecular formula is C26H24N2O5S. The molecule has 2 aromatic carbocycles. The maximum Gasteiger partial charge on any atom is 0.338 e. The van der Waals surface area contributed by atoms with Crippen LogP contribution in [0.4, 0.5) is 0 Å². The number of fused-ring (bicyclic) bond motifs is 1. The Morgan fingerprint density at radius 3 is 2.41 bits per heavy atom. The Morgan fingerprint density at radius 1 is 1.12 bits per heavy atom. The van der Waals surface area contributed by atoms with E-state index in [1.165, 1.54) is 18.4 Å². The number of esters is 1. The van der Waals surface area contributed by atoms with Crippen LogP contribution in [0.1, 0.15) is 24.1 Å². The summed E-state index contributed by atoms with van der Waals surface area (Å²) in [6.07, 6.45) is 3.49. The van der Waals surface area contributed by atoms with Crippen molar-refractivity contribution in [1.82, 2.24) is 4.57 Å². The zero-order chi connectivity index (χ0) is 24.2. The van der Waals surface area contributed by atoms with Crippen LogP contribution < -0.4 is 24.4 Å². The fourth-order valence-corrected chi connectivity index (χ4v) is 4.81. The molecule has 2 heterocycles. The van der Waals surface area contributed by atoms with Gasteiger partial charge in [-0.1, -0.05) is 48.3 Å². The van der Waals surface area contributed by atoms with Crippen LogP contribution >= 0.6 is 11.3 Å². The number of nitrogens with zero attached hydrogens (tertiary/aromatic N) is 2. The summed E-state index contributed by atoms with van der Waals surface area (Å²) >= 11 is 1.28. The van der Waals surface area contributed by atoms with Gasteiger partial charge in [0.05, 0.1) is 36.1 Å². The van der Waals surface area contributed by atoms with E-state index in [0.717, 1.165) is 16.9 Å². The second-order valence-corrected chi connectivity index (χ2v) is 8.52. The van der Waals surface area contributed by atoms with Crippen molar-refractivity contribution in [3.05, 3.63) is 103 Å². The van der Waals surface area contributed by atoms with E-state index >= 15 is 0 Å². The summed E-state index contributed by atoms with van der Waals surface area (Å²) in [6.45, 7) is 5.81. The third-order valence-electron chi connectivity index (χ3n) is 5.40. The van der Waals surface area contributed by atoms with Crippen molar-refractivity contribution >= 4 is 23.4 Å². The minimum absolute atomic E-state index is 0.231. The third-order valence-corrected chi connectivity index (χ3v) is 6.39. The number of rotatable bonds is 7. The molecule has 0 unspecified atom stereocenters. The summed E-state index contributed by atoms with van der Waals surface area (Å²) in [7, 11) is 2.90. The molecule has 1 aromatic heterocycles. The maximum absolute atomic E-state index is 13.5. The van der Waals surface area contributed by atoms with Crippen LogP contribution in [0.25, 0.3) is 6.08 Å². The van der Waals surface area contributed by atoms with Crippen LogP contribution in [0, 0.1) is 0 Å². The van der Waals surface area contributed by atoms with Crippen molar-refractivity contribution in [3.8, 4) is 11.5 Å². The van der Waals surface area contributed by atoms with Gasteiger partial charge in [-0.2, -0.15) is 0 Å². The monoisotopic (exact) mass is 476 g/mol. The summed E-state index contributed by atoms with van der Waals surface area (Å²) in [5.41, 5.74) is 2.22. The lowest BCUT2D eigenvalue weighted by Crippen LogP contribution is -2.39. The smallest absolute Gasteiger partial charge is 0.338 e. The maximum atomic E-state index is 13.5. The highest BCUT2D eigenvalue weighted by Gasteiger charge is 2.33. The van der Waals surface area contributed by atoms with E-state index < -0.39 is 12.0 Å². The second kappa shape index (κ2) is 9.93. The minimum atomic E-state index is -0.661. The van der Waals surface area contributed by atoms with Gasteiger partial charge in [0.2, 0.25) is 0 Å². The standard InChI is InChI=1S/C26H24N2O5S/c1-5-14-33-20-10-6-17(7-11-20)15-21-24(29)28-23(18-8-12-19(31-3)13-9-18)22(25(30)32-4)16(2)27-26(28)34-21/h5-13,15,23H,1,14H2,2-4H3/b21-15+/t23-/m1/s1. The highest BCUT2D eigenvalue weighted by Crippen LogP contribution is 2.31. The Balaban J connectivity index is 1.84. The Labute approximate surface area is 200 Å². The van der Waals surface area contributed by atoms with E-state index in [-0.39, 0.29) is 5.56 Å². The van der Waals surface area contributed by atoms with Gasteiger partial charge in [0, 0.05) is 0 Å². The number of hydrogen-bond acceptors (Lipinski definition) is 7. The van der Waals surface area contributed by atoms with Crippen LogP contribution in [0.2, 0.25) is 0 Å². The molecule has 3 aromatic rings. The van der Waals surface area contributed by atoms with Gasteiger partial charge in [-0.15, -0.1) is 0 Å². The number of carbonyl (C=O) groups excluding carboxylic acids is 1. The Bertz CT molecular complexity index is 1430. The SMILES string of the molecule is C=CCOc1ccc(/C=c2/sc3n(c2=O)[C@H](c2ccc(OC)cc2)C(C(=O)OC)=C(C)N=3)cc1. The van der Waals surface area contributed by atoms with E-state index in [1.807, 2.05) is 42.5 Å². The van der Waals surface area contributed by atoms with Gasteiger partial charge in [0.1, 0.15) is 18.1 Å². The van der Waals surface area contributed by atoms with Gasteiger partial charge in [-0.3, -0.25) is 9.36 Å². The van der Waals surface area contributed by atoms with Crippen molar-refractivity contribution in [2.45, 2.75) is 13.0 Å². The zero-order valence-electron chi connectivity index (χ0n) is 19.1. The van der Waals surface area contributed by atoms with Crippen molar-refractivity contribution in [3.63, 3.8) is 0 Å². The second-order valence-electron chi connectivity index (χ2n) is 7.52. The molecule has 0 N–H and O–H groups in total. The zero-order valence-corrected chi connectivity index (χ0v) is 19.9. The van der Waals surface area contributed by atoms with Crippen molar-refractivity contribution in [2.75, 3.05) is 20.8 Å². The van der Waals surface area contributed by atoms with Gasteiger partial charge in [-0.25, -0.2) is 9.79 Å². The molecule has 0 fully saturated rings. The first kappa shape index (κ1) is 23.3. The number of hydrogen-bond donors (Lipinski definition) is 0. The quantitative estimate of drug-likeness (QED) is 0.387. The van der Waals surface area contributed by atoms with Crippen LogP contribution in [0.5, 0.6) is 11.5 Å². The predicted octanol–water partition coefficient (Wildman–Crippen LogP) is 2.98. The number of aromatic nitrogens is 1. The van der Waals surface area contributed by atoms with Gasteiger partial charge >= 0.3 is 5.97 Å². The molecule has 8 heteroatoms. The summed E-state index contributed by atoms with van der Waals surface area (Å²) in [6, 6.07) is 14.0. The molecule has 0 aliphatic carbocycles. The molecule has 0 saturated carbocycles. The first-order valence-corrected chi connectivity index (χ1v) is 11.4. The molecule has 7 nitrogen and oxygen atoms in total. The molecule has 34 heavy (non-hydrogen) atoms.